The molecule has 0 amide bonds. The van der Waals surface area contributed by atoms with Crippen molar-refractivity contribution in [2.75, 3.05) is 13.2 Å². The zero-order valence-electron chi connectivity index (χ0n) is 30.0. The van der Waals surface area contributed by atoms with Crippen LogP contribution in [0.1, 0.15) is 226 Å². The van der Waals surface area contributed by atoms with Crippen LogP contribution >= 0.6 is 0 Å². The van der Waals surface area contributed by atoms with E-state index in [1.807, 2.05) is 0 Å². The van der Waals surface area contributed by atoms with E-state index in [9.17, 15) is 4.79 Å². The first kappa shape index (κ1) is 44.3. The molecule has 0 aliphatic rings. The van der Waals surface area contributed by atoms with Crippen molar-refractivity contribution in [2.45, 2.75) is 226 Å². The summed E-state index contributed by atoms with van der Waals surface area (Å²) in [4.78, 5) is 9.60. The highest BCUT2D eigenvalue weighted by Crippen LogP contribution is 2.15. The summed E-state index contributed by atoms with van der Waals surface area (Å²) in [7, 11) is 0. The maximum Gasteiger partial charge on any atom is 0.330 e. The van der Waals surface area contributed by atoms with Crippen LogP contribution in [0.15, 0.2) is 12.2 Å². The van der Waals surface area contributed by atoms with Gasteiger partial charge in [0.15, 0.2) is 0 Å². The van der Waals surface area contributed by atoms with E-state index in [0.717, 1.165) is 13.2 Å². The number of carbonyl (C=O) groups is 1. The molecule has 0 atom stereocenters. The number of carboxylic acids is 1. The van der Waals surface area contributed by atoms with Crippen molar-refractivity contribution in [3.8, 4) is 0 Å². The maximum atomic E-state index is 9.60. The molecule has 0 saturated heterocycles. The number of ether oxygens (including phenoxy) is 1. The molecule has 43 heavy (non-hydrogen) atoms. The van der Waals surface area contributed by atoms with E-state index in [-0.39, 0.29) is 5.57 Å². The van der Waals surface area contributed by atoms with Crippen molar-refractivity contribution in [3.05, 3.63) is 12.2 Å². The number of aliphatic carboxylic acids is 1. The third-order valence-corrected chi connectivity index (χ3v) is 8.65. The van der Waals surface area contributed by atoms with Crippen LogP contribution in [0, 0.1) is 0 Å². The van der Waals surface area contributed by atoms with Crippen molar-refractivity contribution >= 4 is 5.97 Å². The summed E-state index contributed by atoms with van der Waals surface area (Å²) in [5, 5.41) is 7.89. The van der Waals surface area contributed by atoms with E-state index in [1.54, 1.807) is 0 Å². The molecule has 258 valence electrons. The van der Waals surface area contributed by atoms with Gasteiger partial charge in [-0.15, -0.1) is 0 Å². The Bertz CT molecular complexity index is 484. The fourth-order valence-electron chi connectivity index (χ4n) is 5.61. The molecule has 0 aliphatic carbocycles. The average molecular weight is 609 g/mol. The Balaban J connectivity index is 0. The maximum absolute atomic E-state index is 9.60. The Morgan fingerprint density at radius 1 is 0.419 bits per heavy atom. The van der Waals surface area contributed by atoms with Crippen molar-refractivity contribution in [2.24, 2.45) is 0 Å². The van der Waals surface area contributed by atoms with Gasteiger partial charge in [-0.05, 0) is 19.8 Å². The van der Waals surface area contributed by atoms with E-state index < -0.39 is 5.97 Å². The van der Waals surface area contributed by atoms with Crippen molar-refractivity contribution < 1.29 is 14.6 Å². The molecule has 3 heteroatoms. The molecule has 0 aliphatic heterocycles. The highest BCUT2D eigenvalue weighted by atomic mass is 16.5. The zero-order valence-corrected chi connectivity index (χ0v) is 30.0. The Labute approximate surface area is 271 Å². The zero-order chi connectivity index (χ0) is 31.9. The molecule has 0 aromatic rings. The van der Waals surface area contributed by atoms with Gasteiger partial charge in [0.25, 0.3) is 0 Å². The van der Waals surface area contributed by atoms with E-state index in [0.29, 0.717) is 0 Å². The fraction of sp³-hybridized carbons (Fsp3) is 0.925. The van der Waals surface area contributed by atoms with Gasteiger partial charge in [0.05, 0.1) is 0 Å². The number of hydrogen-bond donors (Lipinski definition) is 1. The quantitative estimate of drug-likeness (QED) is 0.0575. The minimum absolute atomic E-state index is 0.176. The molecule has 0 aromatic heterocycles. The molecule has 0 aromatic carbocycles. The van der Waals surface area contributed by atoms with Crippen LogP contribution in [0.3, 0.4) is 0 Å². The van der Waals surface area contributed by atoms with Crippen LogP contribution in [-0.2, 0) is 9.53 Å². The fourth-order valence-corrected chi connectivity index (χ4v) is 5.61. The first-order valence-corrected chi connectivity index (χ1v) is 19.5. The monoisotopic (exact) mass is 609 g/mol. The molecular weight excluding hydrogens is 528 g/mol. The van der Waals surface area contributed by atoms with Gasteiger partial charge in [0.1, 0.15) is 0 Å². The number of hydrogen-bond acceptors (Lipinski definition) is 2. The molecular formula is C40H80O3. The van der Waals surface area contributed by atoms with E-state index in [2.05, 4.69) is 20.4 Å². The highest BCUT2D eigenvalue weighted by Gasteiger charge is 1.97. The summed E-state index contributed by atoms with van der Waals surface area (Å²) in [6.45, 7) is 11.2. The molecule has 0 fully saturated rings. The summed E-state index contributed by atoms with van der Waals surface area (Å²) < 4.78 is 5.87. The first-order chi connectivity index (χ1) is 21.1. The minimum atomic E-state index is -0.935. The third kappa shape index (κ3) is 45.7. The lowest BCUT2D eigenvalue weighted by atomic mass is 10.0. The highest BCUT2D eigenvalue weighted by molar-refractivity contribution is 5.84. The van der Waals surface area contributed by atoms with Crippen molar-refractivity contribution in [3.63, 3.8) is 0 Å². The lowest BCUT2D eigenvalue weighted by Gasteiger charge is -2.06. The van der Waals surface area contributed by atoms with Crippen LogP contribution in [0.2, 0.25) is 0 Å². The Hall–Kier alpha value is -0.830. The number of carboxylic acid groups (broad SMARTS) is 1. The van der Waals surface area contributed by atoms with Crippen LogP contribution in [0.25, 0.3) is 0 Å². The van der Waals surface area contributed by atoms with Gasteiger partial charge in [-0.2, -0.15) is 0 Å². The van der Waals surface area contributed by atoms with Gasteiger partial charge < -0.3 is 9.84 Å². The molecule has 0 bridgehead atoms. The topological polar surface area (TPSA) is 46.5 Å². The lowest BCUT2D eigenvalue weighted by Crippen LogP contribution is -1.97. The number of unbranched alkanes of at least 4 members (excludes halogenated alkanes) is 30. The van der Waals surface area contributed by atoms with Crippen LogP contribution in [0.4, 0.5) is 0 Å². The molecule has 0 radical (unpaired) electrons. The Morgan fingerprint density at radius 3 is 0.744 bits per heavy atom. The summed E-state index contributed by atoms with van der Waals surface area (Å²) in [5.74, 6) is -0.935. The molecule has 0 saturated carbocycles. The molecule has 0 spiro atoms. The van der Waals surface area contributed by atoms with Crippen molar-refractivity contribution in [1.29, 1.82) is 0 Å². The van der Waals surface area contributed by atoms with Gasteiger partial charge in [-0.3, -0.25) is 0 Å². The third-order valence-electron chi connectivity index (χ3n) is 8.65. The molecule has 1 N–H and O–H groups in total. The SMILES string of the molecule is C=C(C)C(=O)O.CCCCCCCCCCCCCCCCCCOCCCCCCCCCCCCCCCCCC. The average Bonchev–Trinajstić information content (AvgIpc) is 2.99. The summed E-state index contributed by atoms with van der Waals surface area (Å²) in [6.07, 6.45) is 46.0. The minimum Gasteiger partial charge on any atom is -0.478 e. The van der Waals surface area contributed by atoms with Crippen LogP contribution in [-0.4, -0.2) is 24.3 Å². The van der Waals surface area contributed by atoms with Gasteiger partial charge >= 0.3 is 5.97 Å². The molecule has 0 rings (SSSR count). The van der Waals surface area contributed by atoms with E-state index >= 15 is 0 Å². The smallest absolute Gasteiger partial charge is 0.330 e. The second-order valence-electron chi connectivity index (χ2n) is 13.3. The Kier molecular flexibility index (Phi) is 42.4. The van der Waals surface area contributed by atoms with E-state index in [1.165, 1.54) is 212 Å². The van der Waals surface area contributed by atoms with Gasteiger partial charge in [-0.25, -0.2) is 4.79 Å². The Morgan fingerprint density at radius 2 is 0.581 bits per heavy atom. The second kappa shape index (κ2) is 41.2. The second-order valence-corrected chi connectivity index (χ2v) is 13.3. The lowest BCUT2D eigenvalue weighted by molar-refractivity contribution is -0.132. The first-order valence-electron chi connectivity index (χ1n) is 19.5. The summed E-state index contributed by atoms with van der Waals surface area (Å²) in [5.41, 5.74) is 0.176. The standard InChI is InChI=1S/C36H74O.C4H6O2/c1-3-5-7-9-11-13-15-17-19-21-23-25-27-29-31-33-35-37-36-34-32-30-28-26-24-22-20-18-16-14-12-10-8-6-4-2;1-3(2)4(5)6/h3-36H2,1-2H3;1H2,2H3,(H,5,6). The predicted octanol–water partition coefficient (Wildman–Crippen LogP) is 14.2. The summed E-state index contributed by atoms with van der Waals surface area (Å²) in [6, 6.07) is 0. The number of rotatable bonds is 35. The van der Waals surface area contributed by atoms with Crippen LogP contribution in [0.5, 0.6) is 0 Å². The normalized spacial score (nSPS) is 11.0. The van der Waals surface area contributed by atoms with Gasteiger partial charge in [0, 0.05) is 18.8 Å². The van der Waals surface area contributed by atoms with Crippen LogP contribution < -0.4 is 0 Å². The molecule has 0 heterocycles. The van der Waals surface area contributed by atoms with Crippen molar-refractivity contribution in [1.82, 2.24) is 0 Å². The largest absolute Gasteiger partial charge is 0.478 e. The van der Waals surface area contributed by atoms with E-state index in [4.69, 9.17) is 9.84 Å². The summed E-state index contributed by atoms with van der Waals surface area (Å²) >= 11 is 0. The molecule has 0 unspecified atom stereocenters. The molecule has 3 nitrogen and oxygen atoms in total. The predicted molar refractivity (Wildman–Crippen MR) is 192 cm³/mol. The van der Waals surface area contributed by atoms with Gasteiger partial charge in [-0.1, -0.05) is 213 Å². The van der Waals surface area contributed by atoms with Gasteiger partial charge in [0.2, 0.25) is 0 Å².